The van der Waals surface area contributed by atoms with Crippen molar-refractivity contribution in [2.24, 2.45) is 0 Å². The Morgan fingerprint density at radius 2 is 1.82 bits per heavy atom. The lowest BCUT2D eigenvalue weighted by atomic mass is 10.1. The van der Waals surface area contributed by atoms with E-state index >= 15 is 0 Å². The SMILES string of the molecule is CCCCNC(=O)c1ccccc1NC(=O)c1cc(Br)ccc1OCCOC. The van der Waals surface area contributed by atoms with E-state index in [1.54, 1.807) is 49.6 Å². The third-order valence-electron chi connectivity index (χ3n) is 3.97. The van der Waals surface area contributed by atoms with Gasteiger partial charge in [-0.15, -0.1) is 0 Å². The van der Waals surface area contributed by atoms with Crippen molar-refractivity contribution >= 4 is 33.4 Å². The van der Waals surface area contributed by atoms with Gasteiger partial charge in [0.15, 0.2) is 0 Å². The predicted molar refractivity (Wildman–Crippen MR) is 113 cm³/mol. The molecule has 2 aromatic carbocycles. The van der Waals surface area contributed by atoms with Gasteiger partial charge in [0.25, 0.3) is 11.8 Å². The van der Waals surface area contributed by atoms with Gasteiger partial charge < -0.3 is 20.1 Å². The molecule has 0 unspecified atom stereocenters. The van der Waals surface area contributed by atoms with E-state index in [1.165, 1.54) is 0 Å². The van der Waals surface area contributed by atoms with Crippen molar-refractivity contribution in [3.8, 4) is 5.75 Å². The van der Waals surface area contributed by atoms with Crippen LogP contribution in [0.1, 0.15) is 40.5 Å². The van der Waals surface area contributed by atoms with Crippen LogP contribution in [0.25, 0.3) is 0 Å². The van der Waals surface area contributed by atoms with Crippen LogP contribution in [0.4, 0.5) is 5.69 Å². The number of para-hydroxylation sites is 1. The van der Waals surface area contributed by atoms with Crippen LogP contribution >= 0.6 is 15.9 Å². The third-order valence-corrected chi connectivity index (χ3v) is 4.46. The number of halogens is 1. The molecule has 0 spiro atoms. The molecule has 0 radical (unpaired) electrons. The van der Waals surface area contributed by atoms with Crippen LogP contribution in [-0.4, -0.2) is 38.7 Å². The summed E-state index contributed by atoms with van der Waals surface area (Å²) in [6, 6.07) is 12.1. The number of ether oxygens (including phenoxy) is 2. The Hall–Kier alpha value is -2.38. The molecule has 2 rings (SSSR count). The van der Waals surface area contributed by atoms with Gasteiger partial charge in [0.05, 0.1) is 23.4 Å². The Kier molecular flexibility index (Phi) is 8.97. The summed E-state index contributed by atoms with van der Waals surface area (Å²) in [7, 11) is 1.58. The lowest BCUT2D eigenvalue weighted by molar-refractivity contribution is 0.0954. The number of methoxy groups -OCH3 is 1. The number of anilines is 1. The highest BCUT2D eigenvalue weighted by Crippen LogP contribution is 2.25. The second kappa shape index (κ2) is 11.5. The Morgan fingerprint density at radius 3 is 2.57 bits per heavy atom. The van der Waals surface area contributed by atoms with Crippen LogP contribution in [0.2, 0.25) is 0 Å². The lowest BCUT2D eigenvalue weighted by Gasteiger charge is -2.14. The Labute approximate surface area is 173 Å². The van der Waals surface area contributed by atoms with E-state index in [9.17, 15) is 9.59 Å². The molecule has 0 bridgehead atoms. The zero-order valence-corrected chi connectivity index (χ0v) is 17.7. The van der Waals surface area contributed by atoms with Crippen LogP contribution in [0.15, 0.2) is 46.9 Å². The van der Waals surface area contributed by atoms with Gasteiger partial charge in [0, 0.05) is 18.1 Å². The zero-order valence-electron chi connectivity index (χ0n) is 16.1. The largest absolute Gasteiger partial charge is 0.490 e. The van der Waals surface area contributed by atoms with Crippen LogP contribution in [0, 0.1) is 0 Å². The number of carbonyl (C=O) groups is 2. The molecule has 0 atom stereocenters. The quantitative estimate of drug-likeness (QED) is 0.532. The van der Waals surface area contributed by atoms with Crippen molar-refractivity contribution in [3.05, 3.63) is 58.1 Å². The molecule has 0 aliphatic carbocycles. The standard InChI is InChI=1S/C21H25BrN2O4/c1-3-4-11-23-20(25)16-7-5-6-8-18(16)24-21(26)17-14-15(22)9-10-19(17)28-13-12-27-2/h5-10,14H,3-4,11-13H2,1-2H3,(H,23,25)(H,24,26). The fraction of sp³-hybridized carbons (Fsp3) is 0.333. The highest BCUT2D eigenvalue weighted by molar-refractivity contribution is 9.10. The number of carbonyl (C=O) groups excluding carboxylic acids is 2. The Bertz CT molecular complexity index is 811. The highest BCUT2D eigenvalue weighted by atomic mass is 79.9. The molecule has 0 heterocycles. The minimum absolute atomic E-state index is 0.213. The molecule has 0 saturated heterocycles. The number of unbranched alkanes of at least 4 members (excludes halogenated alkanes) is 1. The summed E-state index contributed by atoms with van der Waals surface area (Å²) in [6.07, 6.45) is 1.90. The molecule has 6 nitrogen and oxygen atoms in total. The number of hydrogen-bond donors (Lipinski definition) is 2. The summed E-state index contributed by atoms with van der Waals surface area (Å²) < 4.78 is 11.4. The number of amides is 2. The van der Waals surface area contributed by atoms with E-state index in [0.29, 0.717) is 42.3 Å². The van der Waals surface area contributed by atoms with Crippen LogP contribution in [0.3, 0.4) is 0 Å². The first-order valence-electron chi connectivity index (χ1n) is 9.16. The van der Waals surface area contributed by atoms with E-state index in [0.717, 1.165) is 17.3 Å². The lowest BCUT2D eigenvalue weighted by Crippen LogP contribution is -2.26. The number of benzene rings is 2. The highest BCUT2D eigenvalue weighted by Gasteiger charge is 2.17. The predicted octanol–water partition coefficient (Wildman–Crippen LogP) is 4.26. The first kappa shape index (κ1) is 21.9. The van der Waals surface area contributed by atoms with E-state index in [2.05, 4.69) is 33.5 Å². The van der Waals surface area contributed by atoms with Crippen LogP contribution < -0.4 is 15.4 Å². The molecular formula is C21H25BrN2O4. The molecule has 2 amide bonds. The molecular weight excluding hydrogens is 424 g/mol. The van der Waals surface area contributed by atoms with Crippen molar-refractivity contribution in [3.63, 3.8) is 0 Å². The molecule has 2 aromatic rings. The van der Waals surface area contributed by atoms with Crippen LogP contribution in [-0.2, 0) is 4.74 Å². The number of hydrogen-bond acceptors (Lipinski definition) is 4. The first-order chi connectivity index (χ1) is 13.6. The fourth-order valence-corrected chi connectivity index (χ4v) is 2.86. The van der Waals surface area contributed by atoms with E-state index in [1.807, 2.05) is 0 Å². The van der Waals surface area contributed by atoms with E-state index in [-0.39, 0.29) is 11.8 Å². The second-order valence-corrected chi connectivity index (χ2v) is 7.01. The minimum atomic E-state index is -0.359. The summed E-state index contributed by atoms with van der Waals surface area (Å²) in [5.74, 6) is -0.125. The summed E-state index contributed by atoms with van der Waals surface area (Å²) >= 11 is 3.38. The van der Waals surface area contributed by atoms with Crippen molar-refractivity contribution in [1.29, 1.82) is 0 Å². The number of rotatable bonds is 10. The van der Waals surface area contributed by atoms with Gasteiger partial charge in [-0.3, -0.25) is 9.59 Å². The monoisotopic (exact) mass is 448 g/mol. The van der Waals surface area contributed by atoms with Gasteiger partial charge in [-0.05, 0) is 36.8 Å². The van der Waals surface area contributed by atoms with Crippen molar-refractivity contribution in [2.75, 3.05) is 32.2 Å². The molecule has 150 valence electrons. The van der Waals surface area contributed by atoms with Crippen molar-refractivity contribution in [2.45, 2.75) is 19.8 Å². The molecule has 0 aliphatic heterocycles. The minimum Gasteiger partial charge on any atom is -0.490 e. The average Bonchev–Trinajstić information content (AvgIpc) is 2.69. The first-order valence-corrected chi connectivity index (χ1v) is 9.96. The maximum Gasteiger partial charge on any atom is 0.259 e. The number of nitrogens with one attached hydrogen (secondary N) is 2. The molecule has 0 saturated carbocycles. The molecule has 28 heavy (non-hydrogen) atoms. The van der Waals surface area contributed by atoms with Gasteiger partial charge in [0.2, 0.25) is 0 Å². The third kappa shape index (κ3) is 6.35. The molecule has 0 aromatic heterocycles. The maximum absolute atomic E-state index is 12.9. The molecule has 2 N–H and O–H groups in total. The van der Waals surface area contributed by atoms with Gasteiger partial charge in [0.1, 0.15) is 12.4 Å². The fourth-order valence-electron chi connectivity index (χ4n) is 2.49. The normalized spacial score (nSPS) is 10.4. The summed E-state index contributed by atoms with van der Waals surface area (Å²) in [4.78, 5) is 25.3. The Morgan fingerprint density at radius 1 is 1.04 bits per heavy atom. The zero-order chi connectivity index (χ0) is 20.4. The van der Waals surface area contributed by atoms with Crippen LogP contribution in [0.5, 0.6) is 5.75 Å². The van der Waals surface area contributed by atoms with E-state index in [4.69, 9.17) is 9.47 Å². The van der Waals surface area contributed by atoms with Gasteiger partial charge in [-0.2, -0.15) is 0 Å². The van der Waals surface area contributed by atoms with Crippen molar-refractivity contribution < 1.29 is 19.1 Å². The smallest absolute Gasteiger partial charge is 0.259 e. The summed E-state index contributed by atoms with van der Waals surface area (Å²) in [6.45, 7) is 3.40. The van der Waals surface area contributed by atoms with Gasteiger partial charge >= 0.3 is 0 Å². The van der Waals surface area contributed by atoms with Gasteiger partial charge in [-0.1, -0.05) is 41.4 Å². The van der Waals surface area contributed by atoms with E-state index < -0.39 is 0 Å². The molecule has 7 heteroatoms. The van der Waals surface area contributed by atoms with Crippen molar-refractivity contribution in [1.82, 2.24) is 5.32 Å². The average molecular weight is 449 g/mol. The van der Waals surface area contributed by atoms with Gasteiger partial charge in [-0.25, -0.2) is 0 Å². The Balaban J connectivity index is 2.19. The molecule has 0 fully saturated rings. The maximum atomic E-state index is 12.9. The second-order valence-electron chi connectivity index (χ2n) is 6.09. The summed E-state index contributed by atoms with van der Waals surface area (Å²) in [5.41, 5.74) is 1.24. The topological polar surface area (TPSA) is 76.7 Å². The molecule has 0 aliphatic rings. The summed E-state index contributed by atoms with van der Waals surface area (Å²) in [5, 5.41) is 5.70.